The van der Waals surface area contributed by atoms with E-state index in [0.29, 0.717) is 5.56 Å². The molecule has 1 aliphatic rings. The van der Waals surface area contributed by atoms with Gasteiger partial charge in [0.05, 0.1) is 11.3 Å². The molecule has 0 fully saturated rings. The maximum absolute atomic E-state index is 12.6. The van der Waals surface area contributed by atoms with Gasteiger partial charge >= 0.3 is 0 Å². The lowest BCUT2D eigenvalue weighted by atomic mass is 9.97. The van der Waals surface area contributed by atoms with Crippen molar-refractivity contribution >= 4 is 17.3 Å². The lowest BCUT2D eigenvalue weighted by molar-refractivity contribution is 0.102. The first-order valence-corrected chi connectivity index (χ1v) is 9.37. The van der Waals surface area contributed by atoms with E-state index < -0.39 is 0 Å². The number of aryl methyl sites for hydroxylation is 2. The van der Waals surface area contributed by atoms with Gasteiger partial charge in [0.2, 0.25) is 0 Å². The number of nitrogens with one attached hydrogen (secondary N) is 2. The van der Waals surface area contributed by atoms with Crippen LogP contribution >= 0.6 is 0 Å². The van der Waals surface area contributed by atoms with Gasteiger partial charge in [-0.2, -0.15) is 0 Å². The summed E-state index contributed by atoms with van der Waals surface area (Å²) in [7, 11) is 0. The average molecular weight is 349 g/mol. The molecule has 0 bridgehead atoms. The summed E-state index contributed by atoms with van der Waals surface area (Å²) in [5.74, 6) is -0.134. The van der Waals surface area contributed by atoms with E-state index in [0.717, 1.165) is 35.5 Å². The van der Waals surface area contributed by atoms with Crippen molar-refractivity contribution in [2.24, 2.45) is 0 Å². The molecular weight excluding hydrogens is 322 g/mol. The molecule has 26 heavy (non-hydrogen) atoms. The van der Waals surface area contributed by atoms with Crippen LogP contribution in [0.3, 0.4) is 0 Å². The van der Waals surface area contributed by atoms with Crippen molar-refractivity contribution in [2.75, 3.05) is 17.2 Å². The van der Waals surface area contributed by atoms with Crippen LogP contribution in [0.25, 0.3) is 0 Å². The Morgan fingerprint density at radius 2 is 2.04 bits per heavy atom. The van der Waals surface area contributed by atoms with Gasteiger partial charge in [-0.05, 0) is 69.2 Å². The second kappa shape index (κ2) is 8.65. The Balaban J connectivity index is 1.60. The van der Waals surface area contributed by atoms with Gasteiger partial charge in [-0.25, -0.2) is 0 Å². The number of carbonyl (C=O) groups is 1. The normalized spacial score (nSPS) is 13.8. The van der Waals surface area contributed by atoms with E-state index in [1.807, 2.05) is 38.1 Å². The van der Waals surface area contributed by atoms with Crippen molar-refractivity contribution in [3.05, 3.63) is 65.0 Å². The maximum atomic E-state index is 12.6. The third-order valence-electron chi connectivity index (χ3n) is 4.80. The van der Waals surface area contributed by atoms with Gasteiger partial charge in [0.15, 0.2) is 0 Å². The number of allylic oxidation sites excluding steroid dienone is 1. The fourth-order valence-corrected chi connectivity index (χ4v) is 3.22. The van der Waals surface area contributed by atoms with E-state index in [4.69, 9.17) is 0 Å². The van der Waals surface area contributed by atoms with Crippen molar-refractivity contribution in [3.8, 4) is 0 Å². The molecule has 1 aromatic heterocycles. The zero-order valence-electron chi connectivity index (χ0n) is 15.6. The lowest BCUT2D eigenvalue weighted by Gasteiger charge is -2.14. The Kier molecular flexibility index (Phi) is 6.05. The molecule has 136 valence electrons. The first kappa shape index (κ1) is 18.2. The van der Waals surface area contributed by atoms with Gasteiger partial charge < -0.3 is 10.6 Å². The number of carbonyl (C=O) groups excluding carboxylic acids is 1. The number of rotatable bonds is 6. The first-order valence-electron chi connectivity index (χ1n) is 9.37. The zero-order chi connectivity index (χ0) is 18.4. The van der Waals surface area contributed by atoms with Crippen molar-refractivity contribution in [1.82, 2.24) is 4.98 Å². The monoisotopic (exact) mass is 349 g/mol. The third kappa shape index (κ3) is 4.94. The Bertz CT molecular complexity index is 811. The molecule has 1 aliphatic carbocycles. The van der Waals surface area contributed by atoms with E-state index in [1.54, 1.807) is 18.0 Å². The van der Waals surface area contributed by atoms with E-state index in [-0.39, 0.29) is 5.91 Å². The number of hydrogen-bond donors (Lipinski definition) is 2. The lowest BCUT2D eigenvalue weighted by Crippen LogP contribution is -2.14. The molecule has 1 amide bonds. The Labute approximate surface area is 155 Å². The quantitative estimate of drug-likeness (QED) is 0.700. The van der Waals surface area contributed by atoms with Gasteiger partial charge in [-0.15, -0.1) is 0 Å². The predicted molar refractivity (Wildman–Crippen MR) is 108 cm³/mol. The van der Waals surface area contributed by atoms with Crippen LogP contribution in [0.1, 0.15) is 53.6 Å². The highest BCUT2D eigenvalue weighted by Gasteiger charge is 2.10. The minimum atomic E-state index is -0.134. The Morgan fingerprint density at radius 1 is 1.15 bits per heavy atom. The molecule has 1 aromatic carbocycles. The summed E-state index contributed by atoms with van der Waals surface area (Å²) >= 11 is 0. The smallest absolute Gasteiger partial charge is 0.257 e. The standard InChI is InChI=1S/C22H27N3O/c1-16-8-9-17(2)21(12-16)25-22(26)19-13-20(15-23-14-19)24-11-10-18-6-4-3-5-7-18/h6,8-9,12-15,24H,3-5,7,10-11H2,1-2H3,(H,25,26). The summed E-state index contributed by atoms with van der Waals surface area (Å²) in [6.45, 7) is 4.88. The molecular formula is C22H27N3O. The van der Waals surface area contributed by atoms with Crippen molar-refractivity contribution in [3.63, 3.8) is 0 Å². The van der Waals surface area contributed by atoms with E-state index in [2.05, 4.69) is 21.7 Å². The topological polar surface area (TPSA) is 54.0 Å². The maximum Gasteiger partial charge on any atom is 0.257 e. The molecule has 0 atom stereocenters. The van der Waals surface area contributed by atoms with Crippen LogP contribution < -0.4 is 10.6 Å². The summed E-state index contributed by atoms with van der Waals surface area (Å²) in [5, 5.41) is 6.37. The summed E-state index contributed by atoms with van der Waals surface area (Å²) in [5.41, 5.74) is 6.00. The largest absolute Gasteiger partial charge is 0.383 e. The number of pyridine rings is 1. The second-order valence-corrected chi connectivity index (χ2v) is 7.02. The molecule has 2 N–H and O–H groups in total. The molecule has 0 spiro atoms. The van der Waals surface area contributed by atoms with Crippen LogP contribution in [0.5, 0.6) is 0 Å². The number of hydrogen-bond acceptors (Lipinski definition) is 3. The SMILES string of the molecule is Cc1ccc(C)c(NC(=O)c2cncc(NCCC3=CCCCC3)c2)c1. The van der Waals surface area contributed by atoms with Crippen LogP contribution in [-0.4, -0.2) is 17.4 Å². The zero-order valence-corrected chi connectivity index (χ0v) is 15.6. The Hall–Kier alpha value is -2.62. The molecule has 3 rings (SSSR count). The molecule has 1 heterocycles. The van der Waals surface area contributed by atoms with Gasteiger partial charge in [-0.3, -0.25) is 9.78 Å². The molecule has 4 heteroatoms. The van der Waals surface area contributed by atoms with E-state index in [9.17, 15) is 4.79 Å². The van der Waals surface area contributed by atoms with Crippen LogP contribution in [0.2, 0.25) is 0 Å². The number of nitrogens with zero attached hydrogens (tertiary/aromatic N) is 1. The summed E-state index contributed by atoms with van der Waals surface area (Å²) < 4.78 is 0. The molecule has 0 saturated heterocycles. The van der Waals surface area contributed by atoms with E-state index in [1.165, 1.54) is 25.7 Å². The van der Waals surface area contributed by atoms with E-state index >= 15 is 0 Å². The van der Waals surface area contributed by atoms with Gasteiger partial charge in [0.1, 0.15) is 0 Å². The minimum absolute atomic E-state index is 0.134. The third-order valence-corrected chi connectivity index (χ3v) is 4.80. The van der Waals surface area contributed by atoms with Crippen molar-refractivity contribution in [1.29, 1.82) is 0 Å². The van der Waals surface area contributed by atoms with Gasteiger partial charge in [0.25, 0.3) is 5.91 Å². The van der Waals surface area contributed by atoms with Crippen LogP contribution in [0.15, 0.2) is 48.3 Å². The average Bonchev–Trinajstić information content (AvgIpc) is 2.66. The second-order valence-electron chi connectivity index (χ2n) is 7.02. The molecule has 2 aromatic rings. The van der Waals surface area contributed by atoms with Crippen LogP contribution in [-0.2, 0) is 0 Å². The predicted octanol–water partition coefficient (Wildman–Crippen LogP) is 5.25. The molecule has 0 unspecified atom stereocenters. The van der Waals surface area contributed by atoms with Gasteiger partial charge in [-0.1, -0.05) is 23.8 Å². The molecule has 4 nitrogen and oxygen atoms in total. The van der Waals surface area contributed by atoms with Crippen molar-refractivity contribution in [2.45, 2.75) is 46.0 Å². The van der Waals surface area contributed by atoms with Crippen LogP contribution in [0.4, 0.5) is 11.4 Å². The first-order chi connectivity index (χ1) is 12.6. The van der Waals surface area contributed by atoms with Gasteiger partial charge in [0, 0.05) is 24.6 Å². The summed E-state index contributed by atoms with van der Waals surface area (Å²) in [6.07, 6.45) is 11.9. The highest BCUT2D eigenvalue weighted by atomic mass is 16.1. The van der Waals surface area contributed by atoms with Crippen LogP contribution in [0, 0.1) is 13.8 Å². The Morgan fingerprint density at radius 3 is 2.85 bits per heavy atom. The fraction of sp³-hybridized carbons (Fsp3) is 0.364. The minimum Gasteiger partial charge on any atom is -0.383 e. The molecule has 0 saturated carbocycles. The highest BCUT2D eigenvalue weighted by molar-refractivity contribution is 6.05. The fourth-order valence-electron chi connectivity index (χ4n) is 3.22. The number of amides is 1. The number of aromatic nitrogens is 1. The summed E-state index contributed by atoms with van der Waals surface area (Å²) in [6, 6.07) is 7.91. The number of benzene rings is 1. The highest BCUT2D eigenvalue weighted by Crippen LogP contribution is 2.21. The van der Waals surface area contributed by atoms with Crippen molar-refractivity contribution < 1.29 is 4.79 Å². The molecule has 0 aliphatic heterocycles. The number of anilines is 2. The summed E-state index contributed by atoms with van der Waals surface area (Å²) in [4.78, 5) is 16.8. The molecule has 0 radical (unpaired) electrons.